The number of nitrogens with zero attached hydrogens (tertiary/aromatic N) is 4. The molecule has 26 heavy (non-hydrogen) atoms. The molecule has 1 aliphatic carbocycles. The van der Waals surface area contributed by atoms with Gasteiger partial charge in [-0.2, -0.15) is 27.8 Å². The van der Waals surface area contributed by atoms with Gasteiger partial charge in [-0.25, -0.2) is 4.98 Å². The summed E-state index contributed by atoms with van der Waals surface area (Å²) in [6, 6.07) is 8.47. The molecular formula is C17H16F3N5S. The maximum Gasteiger partial charge on any atom is 0.446 e. The van der Waals surface area contributed by atoms with Crippen LogP contribution in [0, 0.1) is 12.8 Å². The van der Waals surface area contributed by atoms with Gasteiger partial charge in [0.25, 0.3) is 5.78 Å². The number of hydrogen-bond donors (Lipinski definition) is 1. The summed E-state index contributed by atoms with van der Waals surface area (Å²) >= 11 is -0.0969. The number of aryl methyl sites for hydroxylation is 1. The molecule has 0 saturated heterocycles. The van der Waals surface area contributed by atoms with E-state index in [-0.39, 0.29) is 22.7 Å². The Morgan fingerprint density at radius 3 is 2.62 bits per heavy atom. The van der Waals surface area contributed by atoms with Crippen molar-refractivity contribution >= 4 is 23.4 Å². The molecule has 1 fully saturated rings. The van der Waals surface area contributed by atoms with E-state index in [0.29, 0.717) is 11.7 Å². The summed E-state index contributed by atoms with van der Waals surface area (Å²) in [5, 5.41) is 7.68. The highest BCUT2D eigenvalue weighted by Crippen LogP contribution is 2.44. The molecule has 136 valence electrons. The fourth-order valence-corrected chi connectivity index (χ4v) is 3.51. The summed E-state index contributed by atoms with van der Waals surface area (Å²) in [7, 11) is 0. The Kier molecular flexibility index (Phi) is 4.26. The number of aromatic nitrogens is 4. The van der Waals surface area contributed by atoms with E-state index in [4.69, 9.17) is 0 Å². The Bertz CT molecular complexity index is 918. The zero-order valence-corrected chi connectivity index (χ0v) is 14.7. The van der Waals surface area contributed by atoms with Crippen LogP contribution < -0.4 is 5.32 Å². The minimum Gasteiger partial charge on any atom is -0.363 e. The molecule has 0 amide bonds. The average molecular weight is 379 g/mol. The third-order valence-electron chi connectivity index (χ3n) is 4.25. The van der Waals surface area contributed by atoms with Gasteiger partial charge in [-0.15, -0.1) is 0 Å². The zero-order chi connectivity index (χ0) is 18.3. The first kappa shape index (κ1) is 17.1. The number of thioether (sulfide) groups is 1. The standard InChI is InChI=1S/C17H16F3N5S/c1-10-8-14(25-16(23-10)21-9-22-25)24-15(11-2-3-11)12-4-6-13(7-5-12)26-17(18,19)20/h4-9,11,15,24H,2-3H2,1H3. The maximum atomic E-state index is 12.5. The second kappa shape index (κ2) is 6.46. The van der Waals surface area contributed by atoms with E-state index in [1.54, 1.807) is 16.6 Å². The number of fused-ring (bicyclic) bond motifs is 1. The maximum absolute atomic E-state index is 12.5. The summed E-state index contributed by atoms with van der Waals surface area (Å²) in [6.45, 7) is 1.88. The van der Waals surface area contributed by atoms with Crippen LogP contribution in [0.25, 0.3) is 5.78 Å². The molecule has 5 nitrogen and oxygen atoms in total. The minimum atomic E-state index is -4.27. The van der Waals surface area contributed by atoms with Gasteiger partial charge in [0, 0.05) is 16.7 Å². The van der Waals surface area contributed by atoms with Gasteiger partial charge in [-0.3, -0.25) is 0 Å². The monoisotopic (exact) mass is 379 g/mol. The largest absolute Gasteiger partial charge is 0.446 e. The molecule has 1 atom stereocenters. The van der Waals surface area contributed by atoms with Gasteiger partial charge < -0.3 is 5.32 Å². The number of anilines is 1. The van der Waals surface area contributed by atoms with Crippen molar-refractivity contribution < 1.29 is 13.2 Å². The lowest BCUT2D eigenvalue weighted by atomic mass is 10.0. The summed E-state index contributed by atoms with van der Waals surface area (Å²) in [6.07, 6.45) is 3.62. The highest BCUT2D eigenvalue weighted by Gasteiger charge is 2.33. The number of hydrogen-bond acceptors (Lipinski definition) is 5. The molecule has 1 unspecified atom stereocenters. The summed E-state index contributed by atoms with van der Waals surface area (Å²) in [5.74, 6) is 1.73. The molecule has 0 aliphatic heterocycles. The molecule has 3 aromatic rings. The van der Waals surface area contributed by atoms with Crippen molar-refractivity contribution in [1.82, 2.24) is 19.6 Å². The van der Waals surface area contributed by atoms with Gasteiger partial charge in [0.05, 0.1) is 6.04 Å². The highest BCUT2D eigenvalue weighted by molar-refractivity contribution is 8.00. The van der Waals surface area contributed by atoms with Gasteiger partial charge in [0.2, 0.25) is 0 Å². The Hall–Kier alpha value is -2.29. The van der Waals surface area contributed by atoms with Gasteiger partial charge >= 0.3 is 5.51 Å². The van der Waals surface area contributed by atoms with Gasteiger partial charge in [-0.05, 0) is 55.1 Å². The van der Waals surface area contributed by atoms with Crippen molar-refractivity contribution in [2.24, 2.45) is 5.92 Å². The first-order valence-electron chi connectivity index (χ1n) is 8.19. The van der Waals surface area contributed by atoms with Crippen LogP contribution in [0.4, 0.5) is 19.0 Å². The molecule has 2 aromatic heterocycles. The van der Waals surface area contributed by atoms with E-state index in [2.05, 4.69) is 20.4 Å². The number of benzene rings is 1. The van der Waals surface area contributed by atoms with Crippen molar-refractivity contribution in [2.75, 3.05) is 5.32 Å². The Balaban J connectivity index is 1.61. The first-order valence-corrected chi connectivity index (χ1v) is 9.00. The summed E-state index contributed by atoms with van der Waals surface area (Å²) in [5.41, 5.74) is -2.50. The second-order valence-corrected chi connectivity index (χ2v) is 7.47. The summed E-state index contributed by atoms with van der Waals surface area (Å²) in [4.78, 5) is 8.63. The number of alkyl halides is 3. The second-order valence-electron chi connectivity index (χ2n) is 6.33. The van der Waals surface area contributed by atoms with E-state index in [1.807, 2.05) is 13.0 Å². The average Bonchev–Trinajstić information content (AvgIpc) is 3.29. The number of nitrogens with one attached hydrogen (secondary N) is 1. The lowest BCUT2D eigenvalue weighted by Gasteiger charge is -2.21. The van der Waals surface area contributed by atoms with E-state index >= 15 is 0 Å². The SMILES string of the molecule is Cc1cc(NC(c2ccc(SC(F)(F)F)cc2)C2CC2)n2ncnc2n1. The lowest BCUT2D eigenvalue weighted by molar-refractivity contribution is -0.0328. The Morgan fingerprint density at radius 1 is 1.23 bits per heavy atom. The van der Waals surface area contributed by atoms with Crippen LogP contribution in [-0.2, 0) is 0 Å². The molecule has 1 aromatic carbocycles. The third kappa shape index (κ3) is 3.77. The molecule has 4 rings (SSSR count). The van der Waals surface area contributed by atoms with E-state index in [1.165, 1.54) is 18.5 Å². The van der Waals surface area contributed by atoms with Crippen LogP contribution in [0.5, 0.6) is 0 Å². The van der Waals surface area contributed by atoms with E-state index < -0.39 is 5.51 Å². The molecule has 9 heteroatoms. The fourth-order valence-electron chi connectivity index (χ4n) is 2.97. The molecule has 1 N–H and O–H groups in total. The van der Waals surface area contributed by atoms with Crippen LogP contribution >= 0.6 is 11.8 Å². The van der Waals surface area contributed by atoms with Crippen molar-refractivity contribution in [3.63, 3.8) is 0 Å². The van der Waals surface area contributed by atoms with Crippen molar-refractivity contribution in [2.45, 2.75) is 36.2 Å². The van der Waals surface area contributed by atoms with Crippen LogP contribution in [0.3, 0.4) is 0 Å². The van der Waals surface area contributed by atoms with Gasteiger partial charge in [0.1, 0.15) is 12.1 Å². The smallest absolute Gasteiger partial charge is 0.363 e. The van der Waals surface area contributed by atoms with Crippen molar-refractivity contribution in [1.29, 1.82) is 0 Å². The number of rotatable bonds is 5. The molecule has 0 radical (unpaired) electrons. The quantitative estimate of drug-likeness (QED) is 0.656. The van der Waals surface area contributed by atoms with Crippen LogP contribution in [0.2, 0.25) is 0 Å². The van der Waals surface area contributed by atoms with Gasteiger partial charge in [0.15, 0.2) is 0 Å². The Morgan fingerprint density at radius 2 is 1.96 bits per heavy atom. The lowest BCUT2D eigenvalue weighted by Crippen LogP contribution is -2.16. The zero-order valence-electron chi connectivity index (χ0n) is 13.9. The van der Waals surface area contributed by atoms with Crippen LogP contribution in [0.15, 0.2) is 41.6 Å². The third-order valence-corrected chi connectivity index (χ3v) is 4.99. The first-order chi connectivity index (χ1) is 12.4. The minimum absolute atomic E-state index is 0.00846. The molecule has 1 aliphatic rings. The topological polar surface area (TPSA) is 55.1 Å². The van der Waals surface area contributed by atoms with Crippen molar-refractivity contribution in [3.05, 3.63) is 47.9 Å². The fraction of sp³-hybridized carbons (Fsp3) is 0.353. The summed E-state index contributed by atoms with van der Waals surface area (Å²) < 4.78 is 39.2. The predicted octanol–water partition coefficient (Wildman–Crippen LogP) is 4.61. The van der Waals surface area contributed by atoms with Crippen molar-refractivity contribution in [3.8, 4) is 0 Å². The predicted molar refractivity (Wildman–Crippen MR) is 93.0 cm³/mol. The van der Waals surface area contributed by atoms with E-state index in [9.17, 15) is 13.2 Å². The molecule has 0 bridgehead atoms. The Labute approximate surface area is 152 Å². The van der Waals surface area contributed by atoms with E-state index in [0.717, 1.165) is 29.9 Å². The normalized spacial score (nSPS) is 16.0. The molecule has 0 spiro atoms. The molecule has 1 saturated carbocycles. The van der Waals surface area contributed by atoms with Gasteiger partial charge in [-0.1, -0.05) is 12.1 Å². The molecular weight excluding hydrogens is 363 g/mol. The van der Waals surface area contributed by atoms with Crippen LogP contribution in [-0.4, -0.2) is 25.1 Å². The highest BCUT2D eigenvalue weighted by atomic mass is 32.2. The van der Waals surface area contributed by atoms with Crippen LogP contribution in [0.1, 0.15) is 30.1 Å². The number of halogens is 3. The molecule has 2 heterocycles.